The Hall–Kier alpha value is -0.900. The van der Waals surface area contributed by atoms with Crippen LogP contribution in [0.25, 0.3) is 0 Å². The molecule has 0 saturated carbocycles. The summed E-state index contributed by atoms with van der Waals surface area (Å²) in [4.78, 5) is 0. The lowest BCUT2D eigenvalue weighted by atomic mass is 10.0. The quantitative estimate of drug-likeness (QED) is 0.609. The SMILES string of the molecule is CCCCCCCCc1ccc(CO[C@H]2CCN[C@@H]2CO)cc1. The zero-order valence-corrected chi connectivity index (χ0v) is 14.6. The van der Waals surface area contributed by atoms with Gasteiger partial charge in [0.25, 0.3) is 0 Å². The van der Waals surface area contributed by atoms with Gasteiger partial charge in [0, 0.05) is 0 Å². The average Bonchev–Trinajstić information content (AvgIpc) is 3.05. The molecule has 2 N–H and O–H groups in total. The van der Waals surface area contributed by atoms with E-state index in [9.17, 15) is 5.11 Å². The number of nitrogens with one attached hydrogen (secondary N) is 1. The minimum Gasteiger partial charge on any atom is -0.395 e. The van der Waals surface area contributed by atoms with Gasteiger partial charge in [0.1, 0.15) is 0 Å². The number of benzene rings is 1. The van der Waals surface area contributed by atoms with Crippen LogP contribution in [0.4, 0.5) is 0 Å². The number of aryl methyl sites for hydroxylation is 1. The molecule has 0 unspecified atom stereocenters. The van der Waals surface area contributed by atoms with Crippen LogP contribution in [0, 0.1) is 0 Å². The first-order valence-corrected chi connectivity index (χ1v) is 9.37. The minimum atomic E-state index is 0.0991. The van der Waals surface area contributed by atoms with E-state index in [1.165, 1.54) is 56.1 Å². The molecule has 1 heterocycles. The highest BCUT2D eigenvalue weighted by Crippen LogP contribution is 2.15. The van der Waals surface area contributed by atoms with Gasteiger partial charge in [-0.25, -0.2) is 0 Å². The van der Waals surface area contributed by atoms with Crippen molar-refractivity contribution in [3.63, 3.8) is 0 Å². The van der Waals surface area contributed by atoms with Crippen molar-refractivity contribution in [3.05, 3.63) is 35.4 Å². The average molecular weight is 319 g/mol. The van der Waals surface area contributed by atoms with Gasteiger partial charge in [-0.1, -0.05) is 63.3 Å². The Kier molecular flexibility index (Phi) is 8.66. The molecule has 130 valence electrons. The summed E-state index contributed by atoms with van der Waals surface area (Å²) in [6.45, 7) is 3.99. The number of unbranched alkanes of at least 4 members (excludes halogenated alkanes) is 5. The lowest BCUT2D eigenvalue weighted by Gasteiger charge is -2.18. The van der Waals surface area contributed by atoms with Gasteiger partial charge in [-0.05, 0) is 36.9 Å². The van der Waals surface area contributed by atoms with E-state index in [2.05, 4.69) is 36.5 Å². The third kappa shape index (κ3) is 6.62. The van der Waals surface area contributed by atoms with E-state index in [1.807, 2.05) is 0 Å². The third-order valence-corrected chi connectivity index (χ3v) is 4.79. The Morgan fingerprint density at radius 1 is 1.04 bits per heavy atom. The summed E-state index contributed by atoms with van der Waals surface area (Å²) in [5, 5.41) is 12.5. The molecular weight excluding hydrogens is 286 g/mol. The topological polar surface area (TPSA) is 41.5 Å². The molecule has 0 aromatic heterocycles. The first kappa shape index (κ1) is 18.4. The normalized spacial score (nSPS) is 21.0. The van der Waals surface area contributed by atoms with E-state index in [4.69, 9.17) is 4.74 Å². The Balaban J connectivity index is 1.64. The molecule has 2 atom stereocenters. The predicted molar refractivity (Wildman–Crippen MR) is 95.6 cm³/mol. The molecule has 2 rings (SSSR count). The highest BCUT2D eigenvalue weighted by atomic mass is 16.5. The Labute approximate surface area is 141 Å². The fourth-order valence-electron chi connectivity index (χ4n) is 3.24. The van der Waals surface area contributed by atoms with Gasteiger partial charge in [-0.2, -0.15) is 0 Å². The molecule has 0 spiro atoms. The summed E-state index contributed by atoms with van der Waals surface area (Å²) in [5.41, 5.74) is 2.65. The first-order chi connectivity index (χ1) is 11.3. The van der Waals surface area contributed by atoms with Crippen molar-refractivity contribution < 1.29 is 9.84 Å². The van der Waals surface area contributed by atoms with Gasteiger partial charge in [0.15, 0.2) is 0 Å². The molecule has 1 aliphatic heterocycles. The molecule has 0 radical (unpaired) electrons. The zero-order valence-electron chi connectivity index (χ0n) is 14.6. The molecule has 1 aromatic carbocycles. The summed E-state index contributed by atoms with van der Waals surface area (Å²) >= 11 is 0. The molecule has 23 heavy (non-hydrogen) atoms. The van der Waals surface area contributed by atoms with E-state index in [0.717, 1.165) is 13.0 Å². The van der Waals surface area contributed by atoms with Gasteiger partial charge in [-0.3, -0.25) is 0 Å². The maximum atomic E-state index is 9.28. The van der Waals surface area contributed by atoms with Crippen molar-refractivity contribution in [2.24, 2.45) is 0 Å². The molecule has 0 aliphatic carbocycles. The van der Waals surface area contributed by atoms with Gasteiger partial charge in [-0.15, -0.1) is 0 Å². The van der Waals surface area contributed by atoms with Crippen molar-refractivity contribution in [1.29, 1.82) is 0 Å². The highest BCUT2D eigenvalue weighted by molar-refractivity contribution is 5.22. The standard InChI is InChI=1S/C20H33NO2/c1-2-3-4-5-6-7-8-17-9-11-18(12-10-17)16-23-20-13-14-21-19(20)15-22/h9-12,19-22H,2-8,13-16H2,1H3/t19-,20+/m1/s1. The third-order valence-electron chi connectivity index (χ3n) is 4.79. The summed E-state index contributed by atoms with van der Waals surface area (Å²) in [6, 6.07) is 8.94. The van der Waals surface area contributed by atoms with Gasteiger partial charge in [0.05, 0.1) is 25.4 Å². The van der Waals surface area contributed by atoms with Gasteiger partial charge >= 0.3 is 0 Å². The fourth-order valence-corrected chi connectivity index (χ4v) is 3.24. The second-order valence-electron chi connectivity index (χ2n) is 6.72. The molecule has 1 aromatic rings. The predicted octanol–water partition coefficient (Wildman–Crippen LogP) is 3.83. The number of aliphatic hydroxyl groups excluding tert-OH is 1. The van der Waals surface area contributed by atoms with Crippen molar-refractivity contribution in [3.8, 4) is 0 Å². The minimum absolute atomic E-state index is 0.0991. The van der Waals surface area contributed by atoms with Crippen molar-refractivity contribution in [2.45, 2.75) is 77.0 Å². The molecule has 0 amide bonds. The van der Waals surface area contributed by atoms with Crippen LogP contribution in [-0.2, 0) is 17.8 Å². The number of aliphatic hydroxyl groups is 1. The van der Waals surface area contributed by atoms with Crippen molar-refractivity contribution in [1.82, 2.24) is 5.32 Å². The highest BCUT2D eigenvalue weighted by Gasteiger charge is 2.26. The maximum Gasteiger partial charge on any atom is 0.0767 e. The van der Waals surface area contributed by atoms with E-state index in [0.29, 0.717) is 6.61 Å². The number of hydrogen-bond acceptors (Lipinski definition) is 3. The maximum absolute atomic E-state index is 9.28. The van der Waals surface area contributed by atoms with Crippen LogP contribution >= 0.6 is 0 Å². The van der Waals surface area contributed by atoms with Crippen molar-refractivity contribution >= 4 is 0 Å². The summed E-state index contributed by atoms with van der Waals surface area (Å²) in [6.07, 6.45) is 10.4. The van der Waals surface area contributed by atoms with Crippen LogP contribution in [0.2, 0.25) is 0 Å². The molecule has 1 aliphatic rings. The van der Waals surface area contributed by atoms with Crippen LogP contribution in [-0.4, -0.2) is 30.4 Å². The van der Waals surface area contributed by atoms with Crippen LogP contribution in [0.3, 0.4) is 0 Å². The lowest BCUT2D eigenvalue weighted by Crippen LogP contribution is -2.35. The van der Waals surface area contributed by atoms with E-state index < -0.39 is 0 Å². The second kappa shape index (κ2) is 10.8. The van der Waals surface area contributed by atoms with Crippen LogP contribution in [0.1, 0.15) is 63.0 Å². The Morgan fingerprint density at radius 2 is 1.74 bits per heavy atom. The molecular formula is C20H33NO2. The van der Waals surface area contributed by atoms with E-state index >= 15 is 0 Å². The first-order valence-electron chi connectivity index (χ1n) is 9.37. The van der Waals surface area contributed by atoms with Crippen LogP contribution in [0.15, 0.2) is 24.3 Å². The number of ether oxygens (including phenoxy) is 1. The summed E-state index contributed by atoms with van der Waals surface area (Å²) in [5.74, 6) is 0. The molecule has 1 saturated heterocycles. The smallest absolute Gasteiger partial charge is 0.0767 e. The van der Waals surface area contributed by atoms with Crippen LogP contribution in [0.5, 0.6) is 0 Å². The van der Waals surface area contributed by atoms with Gasteiger partial charge in [0.2, 0.25) is 0 Å². The molecule has 0 bridgehead atoms. The van der Waals surface area contributed by atoms with E-state index in [1.54, 1.807) is 0 Å². The second-order valence-corrected chi connectivity index (χ2v) is 6.72. The molecule has 3 nitrogen and oxygen atoms in total. The molecule has 1 fully saturated rings. The Bertz CT molecular complexity index is 418. The fraction of sp³-hybridized carbons (Fsp3) is 0.700. The van der Waals surface area contributed by atoms with Crippen molar-refractivity contribution in [2.75, 3.05) is 13.2 Å². The number of rotatable bonds is 11. The molecule has 3 heteroatoms. The summed E-state index contributed by atoms with van der Waals surface area (Å²) in [7, 11) is 0. The monoisotopic (exact) mass is 319 g/mol. The largest absolute Gasteiger partial charge is 0.395 e. The zero-order chi connectivity index (χ0) is 16.3. The van der Waals surface area contributed by atoms with Gasteiger partial charge < -0.3 is 15.2 Å². The van der Waals surface area contributed by atoms with E-state index in [-0.39, 0.29) is 18.8 Å². The number of hydrogen-bond donors (Lipinski definition) is 2. The Morgan fingerprint density at radius 3 is 2.48 bits per heavy atom. The van der Waals surface area contributed by atoms with Crippen LogP contribution < -0.4 is 5.32 Å². The summed E-state index contributed by atoms with van der Waals surface area (Å²) < 4.78 is 5.95. The lowest BCUT2D eigenvalue weighted by molar-refractivity contribution is 0.0198.